The number of rotatable bonds is 7. The summed E-state index contributed by atoms with van der Waals surface area (Å²) < 4.78 is 14.0. The van der Waals surface area contributed by atoms with E-state index in [1.165, 1.54) is 6.07 Å². The Hall–Kier alpha value is -1.09. The molecular weight excluding hydrogens is 251 g/mol. The minimum Gasteiger partial charge on any atom is -0.368 e. The summed E-state index contributed by atoms with van der Waals surface area (Å²) in [6.45, 7) is 13.6. The maximum atomic E-state index is 14.0. The van der Waals surface area contributed by atoms with E-state index >= 15 is 0 Å². The lowest BCUT2D eigenvalue weighted by Gasteiger charge is -2.37. The monoisotopic (exact) mass is 280 g/mol. The largest absolute Gasteiger partial charge is 0.368 e. The maximum Gasteiger partial charge on any atom is 0.146 e. The van der Waals surface area contributed by atoms with Gasteiger partial charge in [-0.1, -0.05) is 39.8 Å². The summed E-state index contributed by atoms with van der Waals surface area (Å²) in [5.41, 5.74) is 0.843. The van der Waals surface area contributed by atoms with Gasteiger partial charge in [-0.05, 0) is 37.4 Å². The van der Waals surface area contributed by atoms with E-state index in [-0.39, 0.29) is 11.2 Å². The number of halogens is 1. The molecule has 0 fully saturated rings. The molecule has 0 saturated carbocycles. The molecule has 114 valence electrons. The molecule has 0 heterocycles. The zero-order valence-corrected chi connectivity index (χ0v) is 13.5. The molecule has 1 aromatic carbocycles. The van der Waals surface area contributed by atoms with Crippen molar-refractivity contribution in [2.75, 3.05) is 24.5 Å². The second kappa shape index (κ2) is 7.63. The van der Waals surface area contributed by atoms with Crippen molar-refractivity contribution in [2.45, 2.75) is 47.1 Å². The van der Waals surface area contributed by atoms with Gasteiger partial charge in [0.15, 0.2) is 0 Å². The molecule has 1 aromatic rings. The van der Waals surface area contributed by atoms with Gasteiger partial charge in [-0.3, -0.25) is 0 Å². The molecule has 3 heteroatoms. The first-order chi connectivity index (χ1) is 9.40. The topological polar surface area (TPSA) is 15.3 Å². The number of nitrogens with zero attached hydrogens (tertiary/aromatic N) is 1. The van der Waals surface area contributed by atoms with Crippen LogP contribution in [-0.4, -0.2) is 25.7 Å². The van der Waals surface area contributed by atoms with Crippen molar-refractivity contribution in [2.24, 2.45) is 5.41 Å². The van der Waals surface area contributed by atoms with Crippen molar-refractivity contribution in [1.29, 1.82) is 0 Å². The van der Waals surface area contributed by atoms with Crippen molar-refractivity contribution in [3.05, 3.63) is 30.1 Å². The number of para-hydroxylation sites is 1. The van der Waals surface area contributed by atoms with Gasteiger partial charge in [0.2, 0.25) is 0 Å². The van der Waals surface area contributed by atoms with Gasteiger partial charge in [0.1, 0.15) is 5.82 Å². The number of hydrogen-bond acceptors (Lipinski definition) is 2. The minimum absolute atomic E-state index is 0.141. The molecule has 0 spiro atoms. The molecule has 0 aliphatic heterocycles. The second-order valence-electron chi connectivity index (χ2n) is 6.36. The fourth-order valence-electron chi connectivity index (χ4n) is 2.29. The van der Waals surface area contributed by atoms with Gasteiger partial charge in [-0.25, -0.2) is 4.39 Å². The molecule has 20 heavy (non-hydrogen) atoms. The summed E-state index contributed by atoms with van der Waals surface area (Å²) in [5, 5.41) is 3.60. The van der Waals surface area contributed by atoms with E-state index in [1.54, 1.807) is 6.07 Å². The lowest BCUT2D eigenvalue weighted by Crippen LogP contribution is -2.49. The molecule has 0 amide bonds. The smallest absolute Gasteiger partial charge is 0.146 e. The molecule has 0 bridgehead atoms. The minimum atomic E-state index is -0.141. The number of anilines is 1. The lowest BCUT2D eigenvalue weighted by atomic mass is 9.86. The van der Waals surface area contributed by atoms with Crippen LogP contribution >= 0.6 is 0 Å². The molecule has 0 aromatic heterocycles. The SMILES string of the molecule is CCCNC(CN(CC)c1ccccc1F)C(C)(C)C. The molecule has 0 aliphatic carbocycles. The first-order valence-electron chi connectivity index (χ1n) is 7.63. The van der Waals surface area contributed by atoms with Crippen LogP contribution in [0.25, 0.3) is 0 Å². The Kier molecular flexibility index (Phi) is 6.47. The van der Waals surface area contributed by atoms with Gasteiger partial charge < -0.3 is 10.2 Å². The Balaban J connectivity index is 2.86. The van der Waals surface area contributed by atoms with Crippen molar-refractivity contribution in [3.8, 4) is 0 Å². The van der Waals surface area contributed by atoms with E-state index in [4.69, 9.17) is 0 Å². The molecule has 1 N–H and O–H groups in total. The molecule has 0 saturated heterocycles. The number of hydrogen-bond donors (Lipinski definition) is 1. The van der Waals surface area contributed by atoms with Gasteiger partial charge in [0, 0.05) is 19.1 Å². The Labute approximate surface area is 123 Å². The van der Waals surface area contributed by atoms with Gasteiger partial charge in [0.05, 0.1) is 5.69 Å². The zero-order valence-electron chi connectivity index (χ0n) is 13.5. The van der Waals surface area contributed by atoms with Crippen molar-refractivity contribution < 1.29 is 4.39 Å². The normalized spacial score (nSPS) is 13.3. The van der Waals surface area contributed by atoms with Crippen LogP contribution in [0.4, 0.5) is 10.1 Å². The molecule has 0 radical (unpaired) electrons. The maximum absolute atomic E-state index is 14.0. The van der Waals surface area contributed by atoms with Crippen LogP contribution < -0.4 is 10.2 Å². The number of likely N-dealkylation sites (N-methyl/N-ethyl adjacent to an activating group) is 1. The van der Waals surface area contributed by atoms with Crippen molar-refractivity contribution >= 4 is 5.69 Å². The van der Waals surface area contributed by atoms with Crippen LogP contribution in [0.2, 0.25) is 0 Å². The van der Waals surface area contributed by atoms with Gasteiger partial charge in [-0.2, -0.15) is 0 Å². The molecule has 0 aliphatic rings. The quantitative estimate of drug-likeness (QED) is 0.810. The molecule has 1 unspecified atom stereocenters. The summed E-state index contributed by atoms with van der Waals surface area (Å²) in [7, 11) is 0. The van der Waals surface area contributed by atoms with Crippen molar-refractivity contribution in [1.82, 2.24) is 5.32 Å². The predicted molar refractivity (Wildman–Crippen MR) is 85.8 cm³/mol. The fraction of sp³-hybridized carbons (Fsp3) is 0.647. The summed E-state index contributed by atoms with van der Waals surface area (Å²) in [6.07, 6.45) is 1.11. The highest BCUT2D eigenvalue weighted by Gasteiger charge is 2.26. The van der Waals surface area contributed by atoms with Crippen molar-refractivity contribution in [3.63, 3.8) is 0 Å². The van der Waals surface area contributed by atoms with Crippen LogP contribution in [0.5, 0.6) is 0 Å². The Morgan fingerprint density at radius 2 is 1.85 bits per heavy atom. The Bertz CT molecular complexity index is 398. The number of nitrogens with one attached hydrogen (secondary N) is 1. The van der Waals surface area contributed by atoms with Gasteiger partial charge in [-0.15, -0.1) is 0 Å². The third-order valence-corrected chi connectivity index (χ3v) is 3.66. The lowest BCUT2D eigenvalue weighted by molar-refractivity contribution is 0.270. The average Bonchev–Trinajstić information content (AvgIpc) is 2.39. The Morgan fingerprint density at radius 1 is 1.20 bits per heavy atom. The average molecular weight is 280 g/mol. The van der Waals surface area contributed by atoms with Gasteiger partial charge >= 0.3 is 0 Å². The van der Waals surface area contributed by atoms with Crippen LogP contribution in [-0.2, 0) is 0 Å². The summed E-state index contributed by atoms with van der Waals surface area (Å²) in [6, 6.07) is 7.36. The van der Waals surface area contributed by atoms with Crippen LogP contribution in [0.3, 0.4) is 0 Å². The van der Waals surface area contributed by atoms with E-state index in [2.05, 4.69) is 44.8 Å². The first-order valence-corrected chi connectivity index (χ1v) is 7.63. The van der Waals surface area contributed by atoms with Crippen LogP contribution in [0, 0.1) is 11.2 Å². The van der Waals surface area contributed by atoms with E-state index < -0.39 is 0 Å². The summed E-state index contributed by atoms with van der Waals surface area (Å²) in [4.78, 5) is 2.12. The van der Waals surface area contributed by atoms with E-state index in [0.29, 0.717) is 11.7 Å². The standard InChI is InChI=1S/C17H29FN2/c1-6-12-19-16(17(3,4)5)13-20(7-2)15-11-9-8-10-14(15)18/h8-11,16,19H,6-7,12-13H2,1-5H3. The highest BCUT2D eigenvalue weighted by molar-refractivity contribution is 5.47. The van der Waals surface area contributed by atoms with Crippen LogP contribution in [0.15, 0.2) is 24.3 Å². The third kappa shape index (κ3) is 4.78. The molecule has 1 rings (SSSR count). The molecular formula is C17H29FN2. The highest BCUT2D eigenvalue weighted by Crippen LogP contribution is 2.24. The fourth-order valence-corrected chi connectivity index (χ4v) is 2.29. The Morgan fingerprint density at radius 3 is 2.35 bits per heavy atom. The van der Waals surface area contributed by atoms with Gasteiger partial charge in [0.25, 0.3) is 0 Å². The summed E-state index contributed by atoms with van der Waals surface area (Å²) in [5.74, 6) is -0.141. The first kappa shape index (κ1) is 17.0. The van der Waals surface area contributed by atoms with E-state index in [9.17, 15) is 4.39 Å². The second-order valence-corrected chi connectivity index (χ2v) is 6.36. The molecule has 1 atom stereocenters. The highest BCUT2D eigenvalue weighted by atomic mass is 19.1. The van der Waals surface area contributed by atoms with Crippen LogP contribution in [0.1, 0.15) is 41.0 Å². The summed E-state index contributed by atoms with van der Waals surface area (Å²) >= 11 is 0. The third-order valence-electron chi connectivity index (χ3n) is 3.66. The zero-order chi connectivity index (χ0) is 15.2. The molecule has 2 nitrogen and oxygen atoms in total. The van der Waals surface area contributed by atoms with E-state index in [1.807, 2.05) is 12.1 Å². The van der Waals surface area contributed by atoms with E-state index in [0.717, 1.165) is 26.1 Å². The predicted octanol–water partition coefficient (Wildman–Crippen LogP) is 4.07. The number of benzene rings is 1.